The summed E-state index contributed by atoms with van der Waals surface area (Å²) >= 11 is 1.70. The van der Waals surface area contributed by atoms with Crippen molar-refractivity contribution in [3.05, 3.63) is 29.3 Å². The van der Waals surface area contributed by atoms with Crippen molar-refractivity contribution < 1.29 is 8.42 Å². The Hall–Kier alpha value is -1.00. The normalized spacial score (nSPS) is 12.6. The molecule has 0 aliphatic heterocycles. The smallest absolute Gasteiger partial charge is 0.242 e. The molecule has 1 aromatic rings. The number of nitrogens with one attached hydrogen (secondary N) is 1. The van der Waals surface area contributed by atoms with Crippen LogP contribution >= 0.6 is 11.8 Å². The van der Waals surface area contributed by atoms with Crippen molar-refractivity contribution in [3.8, 4) is 11.8 Å². The molecule has 0 fully saturated rings. The van der Waals surface area contributed by atoms with E-state index >= 15 is 0 Å². The molecule has 0 heterocycles. The van der Waals surface area contributed by atoms with Crippen molar-refractivity contribution in [2.75, 3.05) is 18.1 Å². The van der Waals surface area contributed by atoms with Crippen LogP contribution in [-0.4, -0.2) is 32.5 Å². The third kappa shape index (κ3) is 5.71. The summed E-state index contributed by atoms with van der Waals surface area (Å²) in [4.78, 5) is 0.211. The van der Waals surface area contributed by atoms with E-state index in [0.717, 1.165) is 17.1 Å². The maximum atomic E-state index is 12.5. The number of thioether (sulfide) groups is 1. The Morgan fingerprint density at radius 2 is 2.14 bits per heavy atom. The molecule has 116 valence electrons. The van der Waals surface area contributed by atoms with E-state index in [2.05, 4.69) is 16.6 Å². The van der Waals surface area contributed by atoms with Crippen LogP contribution in [0.3, 0.4) is 0 Å². The monoisotopic (exact) mass is 326 g/mol. The number of hydrogen-bond donors (Lipinski definition) is 2. The molecule has 4 nitrogen and oxygen atoms in total. The molecular weight excluding hydrogens is 304 g/mol. The second-order valence-corrected chi connectivity index (χ2v) is 7.69. The first-order valence-corrected chi connectivity index (χ1v) is 9.44. The van der Waals surface area contributed by atoms with Crippen LogP contribution in [0.25, 0.3) is 0 Å². The van der Waals surface area contributed by atoms with Crippen LogP contribution < -0.4 is 10.5 Å². The zero-order chi connectivity index (χ0) is 15.9. The van der Waals surface area contributed by atoms with Gasteiger partial charge in [-0.2, -0.15) is 11.8 Å². The van der Waals surface area contributed by atoms with Gasteiger partial charge in [0, 0.05) is 17.4 Å². The highest BCUT2D eigenvalue weighted by Crippen LogP contribution is 2.17. The summed E-state index contributed by atoms with van der Waals surface area (Å²) in [5, 5.41) is 0. The molecule has 0 radical (unpaired) electrons. The number of aryl methyl sites for hydroxylation is 1. The summed E-state index contributed by atoms with van der Waals surface area (Å²) < 4.78 is 27.7. The lowest BCUT2D eigenvalue weighted by atomic mass is 10.1. The largest absolute Gasteiger partial charge is 0.320 e. The molecular formula is C15H22N2O2S2. The molecule has 1 unspecified atom stereocenters. The predicted molar refractivity (Wildman–Crippen MR) is 89.9 cm³/mol. The molecule has 0 aliphatic carbocycles. The lowest BCUT2D eigenvalue weighted by Crippen LogP contribution is -2.34. The van der Waals surface area contributed by atoms with Gasteiger partial charge in [-0.3, -0.25) is 0 Å². The third-order valence-corrected chi connectivity index (χ3v) is 5.47. The van der Waals surface area contributed by atoms with Crippen LogP contribution in [0.1, 0.15) is 25.0 Å². The second-order valence-electron chi connectivity index (χ2n) is 4.69. The average molecular weight is 326 g/mol. The molecule has 21 heavy (non-hydrogen) atoms. The fraction of sp³-hybridized carbons (Fsp3) is 0.467. The lowest BCUT2D eigenvalue weighted by molar-refractivity contribution is 0.571. The van der Waals surface area contributed by atoms with Crippen molar-refractivity contribution in [2.45, 2.75) is 31.7 Å². The van der Waals surface area contributed by atoms with Crippen molar-refractivity contribution >= 4 is 21.8 Å². The van der Waals surface area contributed by atoms with Crippen LogP contribution in [-0.2, 0) is 10.0 Å². The zero-order valence-electron chi connectivity index (χ0n) is 12.6. The maximum Gasteiger partial charge on any atom is 0.242 e. The number of benzene rings is 1. The Morgan fingerprint density at radius 1 is 1.43 bits per heavy atom. The van der Waals surface area contributed by atoms with E-state index in [1.54, 1.807) is 30.0 Å². The van der Waals surface area contributed by atoms with Gasteiger partial charge >= 0.3 is 0 Å². The molecule has 0 bridgehead atoms. The highest BCUT2D eigenvalue weighted by Gasteiger charge is 2.20. The van der Waals surface area contributed by atoms with Gasteiger partial charge in [0.2, 0.25) is 10.0 Å². The Bertz CT molecular complexity index is 631. The third-order valence-electron chi connectivity index (χ3n) is 2.68. The van der Waals surface area contributed by atoms with Gasteiger partial charge in [0.05, 0.1) is 11.4 Å². The molecule has 0 saturated carbocycles. The van der Waals surface area contributed by atoms with E-state index < -0.39 is 10.0 Å². The minimum Gasteiger partial charge on any atom is -0.320 e. The van der Waals surface area contributed by atoms with Gasteiger partial charge < -0.3 is 5.73 Å². The van der Waals surface area contributed by atoms with Crippen LogP contribution in [0.2, 0.25) is 0 Å². The Labute approximate surface area is 131 Å². The minimum absolute atomic E-state index is 0.128. The summed E-state index contributed by atoms with van der Waals surface area (Å²) in [5.74, 6) is 7.25. The average Bonchev–Trinajstić information content (AvgIpc) is 2.42. The highest BCUT2D eigenvalue weighted by molar-refractivity contribution is 7.99. The van der Waals surface area contributed by atoms with Gasteiger partial charge in [0.1, 0.15) is 0 Å². The quantitative estimate of drug-likeness (QED) is 0.781. The first-order chi connectivity index (χ1) is 9.90. The minimum atomic E-state index is -3.57. The van der Waals surface area contributed by atoms with E-state index in [1.807, 2.05) is 20.8 Å². The number of hydrogen-bond acceptors (Lipinski definition) is 4. The standard InChI is InChI=1S/C15H22N2O2S2/c1-4-20-11-13(3)17-21(18,19)15-8-7-12(2)10-14(15)6-5-9-16/h7-8,10,13,17H,4,9,11,16H2,1-3H3. The van der Waals surface area contributed by atoms with Gasteiger partial charge in [-0.05, 0) is 37.3 Å². The summed E-state index contributed by atoms with van der Waals surface area (Å²) in [6, 6.07) is 5.00. The van der Waals surface area contributed by atoms with E-state index in [1.165, 1.54) is 0 Å². The molecule has 0 aromatic heterocycles. The fourth-order valence-corrected chi connectivity index (χ4v) is 3.94. The summed E-state index contributed by atoms with van der Waals surface area (Å²) in [7, 11) is -3.57. The van der Waals surface area contributed by atoms with Crippen LogP contribution in [0.15, 0.2) is 23.1 Å². The first-order valence-electron chi connectivity index (χ1n) is 6.80. The molecule has 0 aliphatic rings. The highest BCUT2D eigenvalue weighted by atomic mass is 32.2. The molecule has 0 spiro atoms. The topological polar surface area (TPSA) is 72.2 Å². The van der Waals surface area contributed by atoms with Gasteiger partial charge in [-0.25, -0.2) is 13.1 Å². The number of nitrogens with two attached hydrogens (primary N) is 1. The fourth-order valence-electron chi connectivity index (χ4n) is 1.78. The van der Waals surface area contributed by atoms with Crippen molar-refractivity contribution in [3.63, 3.8) is 0 Å². The Balaban J connectivity index is 3.07. The second kappa shape index (κ2) is 8.44. The van der Waals surface area contributed by atoms with Crippen molar-refractivity contribution in [1.29, 1.82) is 0 Å². The number of rotatable bonds is 6. The molecule has 6 heteroatoms. The van der Waals surface area contributed by atoms with Crippen LogP contribution in [0, 0.1) is 18.8 Å². The Kier molecular flexibility index (Phi) is 7.26. The van der Waals surface area contributed by atoms with Crippen LogP contribution in [0.4, 0.5) is 0 Å². The van der Waals surface area contributed by atoms with Gasteiger partial charge in [0.15, 0.2) is 0 Å². The molecule has 3 N–H and O–H groups in total. The summed E-state index contributed by atoms with van der Waals surface area (Å²) in [6.45, 7) is 6.01. The van der Waals surface area contributed by atoms with Crippen LogP contribution in [0.5, 0.6) is 0 Å². The Morgan fingerprint density at radius 3 is 2.76 bits per heavy atom. The molecule has 0 saturated heterocycles. The van der Waals surface area contributed by atoms with E-state index in [0.29, 0.717) is 5.56 Å². The first kappa shape index (κ1) is 18.1. The lowest BCUT2D eigenvalue weighted by Gasteiger charge is -2.15. The van der Waals surface area contributed by atoms with Gasteiger partial charge in [-0.1, -0.05) is 24.8 Å². The van der Waals surface area contributed by atoms with E-state index in [-0.39, 0.29) is 17.5 Å². The molecule has 1 aromatic carbocycles. The zero-order valence-corrected chi connectivity index (χ0v) is 14.3. The molecule has 1 atom stereocenters. The van der Waals surface area contributed by atoms with E-state index in [9.17, 15) is 8.42 Å². The van der Waals surface area contributed by atoms with Crippen molar-refractivity contribution in [2.24, 2.45) is 5.73 Å². The number of sulfonamides is 1. The van der Waals surface area contributed by atoms with E-state index in [4.69, 9.17) is 5.73 Å². The summed E-state index contributed by atoms with van der Waals surface area (Å²) in [5.41, 5.74) is 6.82. The SMILES string of the molecule is CCSCC(C)NS(=O)(=O)c1ccc(C)cc1C#CCN. The predicted octanol–water partition coefficient (Wildman–Crippen LogP) is 1.73. The van der Waals surface area contributed by atoms with Gasteiger partial charge in [-0.15, -0.1) is 0 Å². The molecule has 0 amide bonds. The maximum absolute atomic E-state index is 12.5. The summed E-state index contributed by atoms with van der Waals surface area (Å²) in [6.07, 6.45) is 0. The van der Waals surface area contributed by atoms with Crippen molar-refractivity contribution in [1.82, 2.24) is 4.72 Å². The molecule has 1 rings (SSSR count). The van der Waals surface area contributed by atoms with Gasteiger partial charge in [0.25, 0.3) is 0 Å².